The Morgan fingerprint density at radius 2 is 1.95 bits per heavy atom. The van der Waals surface area contributed by atoms with E-state index in [0.717, 1.165) is 38.6 Å². The maximum atomic E-state index is 11.7. The number of carbonyl (C=O) groups is 3. The molecule has 5 heteroatoms. The van der Waals surface area contributed by atoms with Crippen molar-refractivity contribution in [2.24, 2.45) is 11.8 Å². The first-order chi connectivity index (χ1) is 10.4. The zero-order valence-electron chi connectivity index (χ0n) is 14.2. The van der Waals surface area contributed by atoms with Crippen LogP contribution in [0.2, 0.25) is 0 Å². The number of carbonyl (C=O) groups excluding carboxylic acids is 3. The minimum absolute atomic E-state index is 0.0482. The monoisotopic (exact) mass is 310 g/mol. The van der Waals surface area contributed by atoms with Gasteiger partial charge in [-0.1, -0.05) is 27.2 Å². The van der Waals surface area contributed by atoms with Crippen molar-refractivity contribution in [2.45, 2.75) is 65.7 Å². The molecule has 1 atom stereocenters. The molecule has 1 unspecified atom stereocenters. The molecule has 1 aliphatic rings. The van der Waals surface area contributed by atoms with E-state index >= 15 is 0 Å². The van der Waals surface area contributed by atoms with E-state index in [4.69, 9.17) is 0 Å². The van der Waals surface area contributed by atoms with Crippen LogP contribution in [-0.2, 0) is 14.4 Å². The van der Waals surface area contributed by atoms with Gasteiger partial charge in [-0.3, -0.25) is 19.3 Å². The van der Waals surface area contributed by atoms with Crippen LogP contribution in [0.4, 0.5) is 0 Å². The predicted octanol–water partition coefficient (Wildman–Crippen LogP) is 2.49. The molecule has 1 fully saturated rings. The van der Waals surface area contributed by atoms with E-state index in [0.29, 0.717) is 25.3 Å². The third-order valence-electron chi connectivity index (χ3n) is 4.04. The highest BCUT2D eigenvalue weighted by Crippen LogP contribution is 2.19. The van der Waals surface area contributed by atoms with Gasteiger partial charge < -0.3 is 5.32 Å². The molecule has 0 aromatic rings. The lowest BCUT2D eigenvalue weighted by atomic mass is 10.1. The van der Waals surface area contributed by atoms with E-state index < -0.39 is 0 Å². The van der Waals surface area contributed by atoms with Crippen molar-refractivity contribution >= 4 is 17.7 Å². The quantitative estimate of drug-likeness (QED) is 0.498. The number of hydrogen-bond acceptors (Lipinski definition) is 3. The number of likely N-dealkylation sites (tertiary alicyclic amines) is 1. The lowest BCUT2D eigenvalue weighted by Gasteiger charge is -2.13. The Morgan fingerprint density at radius 3 is 2.55 bits per heavy atom. The highest BCUT2D eigenvalue weighted by molar-refractivity contribution is 6.03. The second kappa shape index (κ2) is 9.59. The summed E-state index contributed by atoms with van der Waals surface area (Å²) in [4.78, 5) is 36.3. The van der Waals surface area contributed by atoms with E-state index in [1.165, 1.54) is 4.90 Å². The van der Waals surface area contributed by atoms with Crippen molar-refractivity contribution in [1.29, 1.82) is 0 Å². The summed E-state index contributed by atoms with van der Waals surface area (Å²) in [5, 5.41) is 2.93. The topological polar surface area (TPSA) is 66.5 Å². The highest BCUT2D eigenvalue weighted by Gasteiger charge is 2.34. The SMILES string of the molecule is CC(C)CCCNC(=O)CCCCCN1C(=O)CC(C)C1=O. The minimum atomic E-state index is -0.163. The van der Waals surface area contributed by atoms with Crippen LogP contribution in [0.15, 0.2) is 0 Å². The Morgan fingerprint density at radius 1 is 1.23 bits per heavy atom. The second-order valence-corrected chi connectivity index (χ2v) is 6.69. The average molecular weight is 310 g/mol. The fourth-order valence-electron chi connectivity index (χ4n) is 2.64. The predicted molar refractivity (Wildman–Crippen MR) is 86.1 cm³/mol. The fourth-order valence-corrected chi connectivity index (χ4v) is 2.64. The van der Waals surface area contributed by atoms with E-state index in [9.17, 15) is 14.4 Å². The maximum absolute atomic E-state index is 11.7. The van der Waals surface area contributed by atoms with Crippen LogP contribution in [0.1, 0.15) is 65.7 Å². The first kappa shape index (κ1) is 18.7. The fraction of sp³-hybridized carbons (Fsp3) is 0.824. The number of unbranched alkanes of at least 4 members (excludes halogenated alkanes) is 2. The third-order valence-corrected chi connectivity index (χ3v) is 4.04. The van der Waals surface area contributed by atoms with Gasteiger partial charge in [0.2, 0.25) is 17.7 Å². The first-order valence-corrected chi connectivity index (χ1v) is 8.52. The van der Waals surface area contributed by atoms with E-state index in [1.807, 2.05) is 0 Å². The summed E-state index contributed by atoms with van der Waals surface area (Å²) in [5.41, 5.74) is 0. The molecular weight excluding hydrogens is 280 g/mol. The third kappa shape index (κ3) is 6.58. The van der Waals surface area contributed by atoms with Crippen LogP contribution in [0, 0.1) is 11.8 Å². The highest BCUT2D eigenvalue weighted by atomic mass is 16.2. The van der Waals surface area contributed by atoms with E-state index in [-0.39, 0.29) is 23.6 Å². The van der Waals surface area contributed by atoms with Gasteiger partial charge in [0.15, 0.2) is 0 Å². The second-order valence-electron chi connectivity index (χ2n) is 6.69. The summed E-state index contributed by atoms with van der Waals surface area (Å²) >= 11 is 0. The van der Waals surface area contributed by atoms with Gasteiger partial charge in [0.05, 0.1) is 0 Å². The first-order valence-electron chi connectivity index (χ1n) is 8.52. The summed E-state index contributed by atoms with van der Waals surface area (Å²) in [5.74, 6) is 0.513. The van der Waals surface area contributed by atoms with Crippen molar-refractivity contribution in [3.63, 3.8) is 0 Å². The van der Waals surface area contributed by atoms with Crippen LogP contribution in [0.3, 0.4) is 0 Å². The standard InChI is InChI=1S/C17H30N2O3/c1-13(2)8-7-10-18-15(20)9-5-4-6-11-19-16(21)12-14(3)17(19)22/h13-14H,4-12H2,1-3H3,(H,18,20). The lowest BCUT2D eigenvalue weighted by molar-refractivity contribution is -0.139. The molecule has 0 radical (unpaired) electrons. The molecule has 1 saturated heterocycles. The van der Waals surface area contributed by atoms with Crippen molar-refractivity contribution < 1.29 is 14.4 Å². The molecule has 1 N–H and O–H groups in total. The molecule has 5 nitrogen and oxygen atoms in total. The largest absolute Gasteiger partial charge is 0.356 e. The van der Waals surface area contributed by atoms with Gasteiger partial charge in [-0.2, -0.15) is 0 Å². The van der Waals surface area contributed by atoms with Gasteiger partial charge in [0.25, 0.3) is 0 Å². The Hall–Kier alpha value is -1.39. The Labute approximate surface area is 133 Å². The summed E-state index contributed by atoms with van der Waals surface area (Å²) in [6.07, 6.45) is 5.49. The van der Waals surface area contributed by atoms with Crippen LogP contribution in [-0.4, -0.2) is 35.7 Å². The molecule has 22 heavy (non-hydrogen) atoms. The molecule has 3 amide bonds. The van der Waals surface area contributed by atoms with Crippen LogP contribution >= 0.6 is 0 Å². The van der Waals surface area contributed by atoms with Gasteiger partial charge in [0.1, 0.15) is 0 Å². The van der Waals surface area contributed by atoms with Crippen molar-refractivity contribution in [1.82, 2.24) is 10.2 Å². The summed E-state index contributed by atoms with van der Waals surface area (Å²) in [6, 6.07) is 0. The van der Waals surface area contributed by atoms with Gasteiger partial charge >= 0.3 is 0 Å². The van der Waals surface area contributed by atoms with Crippen LogP contribution < -0.4 is 5.32 Å². The number of nitrogens with zero attached hydrogens (tertiary/aromatic N) is 1. The number of rotatable bonds is 10. The lowest BCUT2D eigenvalue weighted by Crippen LogP contribution is -2.31. The molecule has 126 valence electrons. The number of nitrogens with one attached hydrogen (secondary N) is 1. The van der Waals surface area contributed by atoms with E-state index in [2.05, 4.69) is 19.2 Å². The molecule has 0 aromatic carbocycles. The van der Waals surface area contributed by atoms with Gasteiger partial charge in [0, 0.05) is 31.8 Å². The molecular formula is C17H30N2O3. The molecule has 0 spiro atoms. The van der Waals surface area contributed by atoms with Crippen molar-refractivity contribution in [2.75, 3.05) is 13.1 Å². The Kier molecular flexibility index (Phi) is 8.13. The van der Waals surface area contributed by atoms with Crippen molar-refractivity contribution in [3.05, 3.63) is 0 Å². The van der Waals surface area contributed by atoms with Crippen LogP contribution in [0.25, 0.3) is 0 Å². The molecule has 0 aromatic heterocycles. The molecule has 0 saturated carbocycles. The number of imide groups is 1. The summed E-state index contributed by atoms with van der Waals surface area (Å²) in [6.45, 7) is 7.41. The van der Waals surface area contributed by atoms with Crippen LogP contribution in [0.5, 0.6) is 0 Å². The van der Waals surface area contributed by atoms with Gasteiger partial charge in [-0.05, 0) is 31.6 Å². The Balaban J connectivity index is 2.02. The smallest absolute Gasteiger partial charge is 0.232 e. The van der Waals surface area contributed by atoms with Gasteiger partial charge in [-0.15, -0.1) is 0 Å². The number of hydrogen-bond donors (Lipinski definition) is 1. The van der Waals surface area contributed by atoms with Crippen molar-refractivity contribution in [3.8, 4) is 0 Å². The van der Waals surface area contributed by atoms with Gasteiger partial charge in [-0.25, -0.2) is 0 Å². The molecule has 1 rings (SSSR count). The normalized spacial score (nSPS) is 18.4. The molecule has 1 aliphatic heterocycles. The Bertz CT molecular complexity index is 393. The molecule has 0 aliphatic carbocycles. The number of amides is 3. The zero-order chi connectivity index (χ0) is 16.5. The zero-order valence-corrected chi connectivity index (χ0v) is 14.2. The average Bonchev–Trinajstić information content (AvgIpc) is 2.69. The van der Waals surface area contributed by atoms with E-state index in [1.54, 1.807) is 6.92 Å². The molecule has 1 heterocycles. The molecule has 0 bridgehead atoms. The minimum Gasteiger partial charge on any atom is -0.356 e. The summed E-state index contributed by atoms with van der Waals surface area (Å²) < 4.78 is 0. The summed E-state index contributed by atoms with van der Waals surface area (Å²) in [7, 11) is 0. The maximum Gasteiger partial charge on any atom is 0.232 e.